The molecule has 2 N–H and O–H groups in total. The zero-order valence-corrected chi connectivity index (χ0v) is 22.1. The molecule has 3 heteroatoms. The average Bonchev–Trinajstić information content (AvgIpc) is 3.08. The largest absolute Gasteiger partial charge is 0.385 e. The molecule has 35 heavy (non-hydrogen) atoms. The Morgan fingerprint density at radius 2 is 1.86 bits per heavy atom. The molecule has 1 aromatic carbocycles. The lowest BCUT2D eigenvalue weighted by Gasteiger charge is -2.53. The van der Waals surface area contributed by atoms with E-state index >= 15 is 0 Å². The van der Waals surface area contributed by atoms with Gasteiger partial charge in [0, 0.05) is 35.4 Å². The lowest BCUT2D eigenvalue weighted by atomic mass is 9.51. The predicted molar refractivity (Wildman–Crippen MR) is 143 cm³/mol. The summed E-state index contributed by atoms with van der Waals surface area (Å²) in [7, 11) is 0. The van der Waals surface area contributed by atoms with Crippen LogP contribution in [0.15, 0.2) is 47.1 Å². The number of aliphatic hydroxyl groups is 1. The first-order valence-electron chi connectivity index (χ1n) is 13.6. The third-order valence-electron chi connectivity index (χ3n) is 9.22. The maximum atomic E-state index is 12.2. The van der Waals surface area contributed by atoms with E-state index in [0.29, 0.717) is 18.3 Å². The van der Waals surface area contributed by atoms with Crippen LogP contribution >= 0.6 is 0 Å². The monoisotopic (exact) mass is 471 g/mol. The Labute approximate surface area is 211 Å². The fourth-order valence-electron chi connectivity index (χ4n) is 7.50. The van der Waals surface area contributed by atoms with Gasteiger partial charge in [-0.25, -0.2) is 0 Å². The molecule has 186 valence electrons. The molecule has 0 amide bonds. The second kappa shape index (κ2) is 8.67. The summed E-state index contributed by atoms with van der Waals surface area (Å²) in [4.78, 5) is 12.2. The number of nitrogens with one attached hydrogen (secondary N) is 1. The highest BCUT2D eigenvalue weighted by molar-refractivity contribution is 5.93. The third-order valence-corrected chi connectivity index (χ3v) is 9.22. The summed E-state index contributed by atoms with van der Waals surface area (Å²) in [6.45, 7) is 11.7. The van der Waals surface area contributed by atoms with Gasteiger partial charge in [-0.1, -0.05) is 36.5 Å². The maximum Gasteiger partial charge on any atom is 0.156 e. The normalized spacial score (nSPS) is 34.3. The topological polar surface area (TPSA) is 49.3 Å². The number of anilines is 1. The SMILES string of the molecule is CCNc1ccc([C@H]2C[C@@]3(C)[C@@H](CC[C@@]3(O)C#CC(C)(C)C)[C@@H]3CCC4=CC(=O)CCC4=C32)cc1. The summed E-state index contributed by atoms with van der Waals surface area (Å²) in [6.07, 6.45) is 8.18. The van der Waals surface area contributed by atoms with E-state index in [4.69, 9.17) is 0 Å². The number of allylic oxidation sites excluding steroid dienone is 4. The standard InChI is InChI=1S/C32H41NO2/c1-6-33-23-10-7-21(8-11-23)27-20-31(5)28(15-16-32(31,35)18-17-30(2,3)4)26-13-9-22-19-24(34)12-14-25(22)29(26)27/h7-8,10-11,19,26-28,33,35H,6,9,12-16,20H2,1-5H3/t26-,27+,28-,31-,32+/m0/s1. The van der Waals surface area contributed by atoms with Crippen molar-refractivity contribution in [2.24, 2.45) is 22.7 Å². The molecule has 5 rings (SSSR count). The third kappa shape index (κ3) is 4.19. The molecule has 2 fully saturated rings. The molecule has 5 atom stereocenters. The van der Waals surface area contributed by atoms with Crippen LogP contribution in [-0.4, -0.2) is 23.0 Å². The van der Waals surface area contributed by atoms with E-state index < -0.39 is 5.60 Å². The van der Waals surface area contributed by atoms with Gasteiger partial charge < -0.3 is 10.4 Å². The maximum absolute atomic E-state index is 12.2. The molecule has 0 spiro atoms. The second-order valence-corrected chi connectivity index (χ2v) is 12.5. The lowest BCUT2D eigenvalue weighted by Crippen LogP contribution is -2.51. The van der Waals surface area contributed by atoms with Gasteiger partial charge in [-0.05, 0) is 113 Å². The van der Waals surface area contributed by atoms with Crippen molar-refractivity contribution in [1.29, 1.82) is 0 Å². The molecule has 0 saturated heterocycles. The highest BCUT2D eigenvalue weighted by Crippen LogP contribution is 2.66. The summed E-state index contributed by atoms with van der Waals surface area (Å²) in [6, 6.07) is 8.94. The van der Waals surface area contributed by atoms with Gasteiger partial charge in [-0.3, -0.25) is 4.79 Å². The molecule has 1 aromatic rings. The van der Waals surface area contributed by atoms with Gasteiger partial charge in [-0.2, -0.15) is 0 Å². The van der Waals surface area contributed by atoms with Crippen molar-refractivity contribution in [3.63, 3.8) is 0 Å². The minimum atomic E-state index is -0.957. The highest BCUT2D eigenvalue weighted by atomic mass is 16.3. The smallest absolute Gasteiger partial charge is 0.156 e. The van der Waals surface area contributed by atoms with Crippen LogP contribution in [0.2, 0.25) is 0 Å². The van der Waals surface area contributed by atoms with Crippen molar-refractivity contribution < 1.29 is 9.90 Å². The number of ketones is 1. The predicted octanol–water partition coefficient (Wildman–Crippen LogP) is 6.80. The number of hydrogen-bond acceptors (Lipinski definition) is 3. The number of hydrogen-bond donors (Lipinski definition) is 2. The van der Waals surface area contributed by atoms with Gasteiger partial charge >= 0.3 is 0 Å². The van der Waals surface area contributed by atoms with Crippen LogP contribution in [0, 0.1) is 34.5 Å². The molecule has 4 aliphatic rings. The first-order valence-corrected chi connectivity index (χ1v) is 13.6. The number of carbonyl (C=O) groups is 1. The minimum absolute atomic E-state index is 0.132. The number of rotatable bonds is 3. The van der Waals surface area contributed by atoms with Gasteiger partial charge in [0.1, 0.15) is 5.60 Å². The van der Waals surface area contributed by atoms with E-state index in [2.05, 4.69) is 76.0 Å². The quantitative estimate of drug-likeness (QED) is 0.477. The van der Waals surface area contributed by atoms with Gasteiger partial charge in [0.15, 0.2) is 5.78 Å². The van der Waals surface area contributed by atoms with Crippen molar-refractivity contribution in [3.8, 4) is 11.8 Å². The lowest BCUT2D eigenvalue weighted by molar-refractivity contribution is -0.114. The van der Waals surface area contributed by atoms with Gasteiger partial charge in [0.2, 0.25) is 0 Å². The van der Waals surface area contributed by atoms with E-state index in [1.165, 1.54) is 16.7 Å². The van der Waals surface area contributed by atoms with E-state index in [1.807, 2.05) is 6.08 Å². The first-order chi connectivity index (χ1) is 16.5. The minimum Gasteiger partial charge on any atom is -0.385 e. The van der Waals surface area contributed by atoms with Crippen LogP contribution in [0.5, 0.6) is 0 Å². The molecule has 0 bridgehead atoms. The Hall–Kier alpha value is -2.31. The molecule has 4 aliphatic carbocycles. The van der Waals surface area contributed by atoms with E-state index in [0.717, 1.165) is 50.8 Å². The zero-order valence-electron chi connectivity index (χ0n) is 22.1. The van der Waals surface area contributed by atoms with E-state index in [-0.39, 0.29) is 22.5 Å². The van der Waals surface area contributed by atoms with Crippen LogP contribution in [-0.2, 0) is 4.79 Å². The summed E-state index contributed by atoms with van der Waals surface area (Å²) in [5, 5.41) is 15.5. The Balaban J connectivity index is 1.63. The Morgan fingerprint density at radius 3 is 2.54 bits per heavy atom. The summed E-state index contributed by atoms with van der Waals surface area (Å²) in [5.41, 5.74) is 5.44. The van der Waals surface area contributed by atoms with E-state index in [9.17, 15) is 9.90 Å². The Morgan fingerprint density at radius 1 is 1.11 bits per heavy atom. The first kappa shape index (κ1) is 24.4. The van der Waals surface area contributed by atoms with Crippen LogP contribution in [0.4, 0.5) is 5.69 Å². The fourth-order valence-corrected chi connectivity index (χ4v) is 7.50. The van der Waals surface area contributed by atoms with Crippen LogP contribution in [0.1, 0.15) is 91.0 Å². The molecule has 0 aromatic heterocycles. The Bertz CT molecular complexity index is 1140. The van der Waals surface area contributed by atoms with Crippen molar-refractivity contribution in [1.82, 2.24) is 0 Å². The molecule has 0 aliphatic heterocycles. The van der Waals surface area contributed by atoms with Gasteiger partial charge in [0.05, 0.1) is 0 Å². The molecule has 2 saturated carbocycles. The zero-order chi connectivity index (χ0) is 25.0. The van der Waals surface area contributed by atoms with E-state index in [1.54, 1.807) is 5.57 Å². The average molecular weight is 472 g/mol. The van der Waals surface area contributed by atoms with Crippen LogP contribution < -0.4 is 5.32 Å². The van der Waals surface area contributed by atoms with Crippen LogP contribution in [0.25, 0.3) is 0 Å². The van der Waals surface area contributed by atoms with Crippen molar-refractivity contribution in [3.05, 3.63) is 52.6 Å². The van der Waals surface area contributed by atoms with Crippen LogP contribution in [0.3, 0.4) is 0 Å². The van der Waals surface area contributed by atoms with Crippen molar-refractivity contribution >= 4 is 11.5 Å². The fraction of sp³-hybridized carbons (Fsp3) is 0.594. The number of fused-ring (bicyclic) bond motifs is 4. The molecule has 0 radical (unpaired) electrons. The van der Waals surface area contributed by atoms with Gasteiger partial charge in [-0.15, -0.1) is 0 Å². The molecule has 0 heterocycles. The van der Waals surface area contributed by atoms with Gasteiger partial charge in [0.25, 0.3) is 0 Å². The van der Waals surface area contributed by atoms with Crippen molar-refractivity contribution in [2.75, 3.05) is 11.9 Å². The second-order valence-electron chi connectivity index (χ2n) is 12.5. The molecular weight excluding hydrogens is 430 g/mol. The number of benzene rings is 1. The molecular formula is C32H41NO2. The molecule has 0 unspecified atom stereocenters. The van der Waals surface area contributed by atoms with Crippen molar-refractivity contribution in [2.45, 2.75) is 91.1 Å². The Kier molecular flexibility index (Phi) is 6.04. The molecule has 3 nitrogen and oxygen atoms in total. The number of carbonyl (C=O) groups excluding carboxylic acids is 1. The summed E-state index contributed by atoms with van der Waals surface area (Å²) < 4.78 is 0. The summed E-state index contributed by atoms with van der Waals surface area (Å²) >= 11 is 0. The highest BCUT2D eigenvalue weighted by Gasteiger charge is 2.62. The summed E-state index contributed by atoms with van der Waals surface area (Å²) in [5.74, 6) is 8.23.